The summed E-state index contributed by atoms with van der Waals surface area (Å²) in [7, 11) is 0. The lowest BCUT2D eigenvalue weighted by molar-refractivity contribution is 0.0696. The third-order valence-electron chi connectivity index (χ3n) is 4.63. The zero-order chi connectivity index (χ0) is 16.6. The first kappa shape index (κ1) is 16.6. The van der Waals surface area contributed by atoms with Crippen LogP contribution in [-0.4, -0.2) is 16.8 Å². The molecule has 0 bridgehead atoms. The lowest BCUT2D eigenvalue weighted by atomic mass is 9.76. The van der Waals surface area contributed by atoms with E-state index in [2.05, 4.69) is 32.5 Å². The Morgan fingerprint density at radius 2 is 2.09 bits per heavy atom. The number of hydrogen-bond acceptors (Lipinski definition) is 3. The minimum Gasteiger partial charge on any atom is -0.478 e. The molecule has 3 rings (SSSR count). The van der Waals surface area contributed by atoms with E-state index in [1.807, 2.05) is 18.2 Å². The molecule has 1 aromatic carbocycles. The SMILES string of the molecule is CC1(C)CCc2sc(-c3ccccc3CCS)c(C(=O)O)c2C1. The van der Waals surface area contributed by atoms with Crippen molar-refractivity contribution < 1.29 is 9.90 Å². The zero-order valence-electron chi connectivity index (χ0n) is 13.6. The van der Waals surface area contributed by atoms with Crippen LogP contribution in [0.2, 0.25) is 0 Å². The van der Waals surface area contributed by atoms with Gasteiger partial charge in [-0.15, -0.1) is 11.3 Å². The number of thiol groups is 1. The van der Waals surface area contributed by atoms with Gasteiger partial charge < -0.3 is 5.11 Å². The molecule has 2 aromatic rings. The van der Waals surface area contributed by atoms with Crippen LogP contribution in [0.1, 0.15) is 46.6 Å². The summed E-state index contributed by atoms with van der Waals surface area (Å²) >= 11 is 6.02. The highest BCUT2D eigenvalue weighted by Gasteiger charge is 2.33. The predicted molar refractivity (Wildman–Crippen MR) is 100 cm³/mol. The van der Waals surface area contributed by atoms with Gasteiger partial charge >= 0.3 is 5.97 Å². The molecule has 0 fully saturated rings. The number of aryl methyl sites for hydroxylation is 2. The molecule has 0 saturated carbocycles. The van der Waals surface area contributed by atoms with Crippen LogP contribution in [0.3, 0.4) is 0 Å². The molecule has 1 heterocycles. The lowest BCUT2D eigenvalue weighted by Crippen LogP contribution is -2.22. The fourth-order valence-corrected chi connectivity index (χ4v) is 5.03. The second-order valence-electron chi connectivity index (χ2n) is 6.98. The van der Waals surface area contributed by atoms with Gasteiger partial charge in [0.1, 0.15) is 0 Å². The molecule has 0 atom stereocenters. The smallest absolute Gasteiger partial charge is 0.337 e. The molecule has 4 heteroatoms. The van der Waals surface area contributed by atoms with Crippen molar-refractivity contribution in [2.24, 2.45) is 5.41 Å². The van der Waals surface area contributed by atoms with E-state index >= 15 is 0 Å². The molecule has 0 spiro atoms. The van der Waals surface area contributed by atoms with Crippen molar-refractivity contribution in [2.75, 3.05) is 5.75 Å². The summed E-state index contributed by atoms with van der Waals surface area (Å²) in [6.07, 6.45) is 3.82. The van der Waals surface area contributed by atoms with Gasteiger partial charge in [-0.3, -0.25) is 0 Å². The standard InChI is InChI=1S/C19H22O2S2/c1-19(2)9-7-15-14(11-19)16(18(20)21)17(23-15)13-6-4-3-5-12(13)8-10-22/h3-6,22H,7-11H2,1-2H3,(H,20,21). The first-order valence-corrected chi connectivity index (χ1v) is 9.45. The molecule has 0 unspecified atom stereocenters. The molecule has 1 N–H and O–H groups in total. The molecule has 2 nitrogen and oxygen atoms in total. The number of benzene rings is 1. The topological polar surface area (TPSA) is 37.3 Å². The second kappa shape index (κ2) is 6.33. The quantitative estimate of drug-likeness (QED) is 0.756. The Hall–Kier alpha value is -1.26. The molecular weight excluding hydrogens is 324 g/mol. The van der Waals surface area contributed by atoms with E-state index in [9.17, 15) is 9.90 Å². The van der Waals surface area contributed by atoms with E-state index in [1.54, 1.807) is 11.3 Å². The van der Waals surface area contributed by atoms with Gasteiger partial charge in [0.15, 0.2) is 0 Å². The average molecular weight is 347 g/mol. The van der Waals surface area contributed by atoms with Crippen LogP contribution in [0.15, 0.2) is 24.3 Å². The van der Waals surface area contributed by atoms with Crippen molar-refractivity contribution in [1.29, 1.82) is 0 Å². The molecular formula is C19H22O2S2. The van der Waals surface area contributed by atoms with Crippen LogP contribution in [0.25, 0.3) is 10.4 Å². The summed E-state index contributed by atoms with van der Waals surface area (Å²) in [6.45, 7) is 4.46. The molecule has 0 amide bonds. The molecule has 0 radical (unpaired) electrons. The molecule has 1 aromatic heterocycles. The number of hydrogen-bond donors (Lipinski definition) is 2. The minimum atomic E-state index is -0.795. The highest BCUT2D eigenvalue weighted by atomic mass is 32.1. The number of carboxylic acid groups (broad SMARTS) is 1. The van der Waals surface area contributed by atoms with Gasteiger partial charge in [-0.2, -0.15) is 12.6 Å². The largest absolute Gasteiger partial charge is 0.478 e. The third kappa shape index (κ3) is 3.20. The Bertz CT molecular complexity index is 744. The minimum absolute atomic E-state index is 0.181. The molecule has 1 aliphatic rings. The number of fused-ring (bicyclic) bond motifs is 1. The summed E-state index contributed by atoms with van der Waals surface area (Å²) in [5.41, 5.74) is 4.03. The first-order chi connectivity index (χ1) is 10.9. The van der Waals surface area contributed by atoms with Crippen molar-refractivity contribution >= 4 is 29.9 Å². The summed E-state index contributed by atoms with van der Waals surface area (Å²) < 4.78 is 0. The van der Waals surface area contributed by atoms with E-state index in [4.69, 9.17) is 0 Å². The van der Waals surface area contributed by atoms with Crippen LogP contribution in [0.4, 0.5) is 0 Å². The van der Waals surface area contributed by atoms with Crippen molar-refractivity contribution in [3.05, 3.63) is 45.8 Å². The van der Waals surface area contributed by atoms with Crippen LogP contribution in [0, 0.1) is 5.41 Å². The molecule has 0 saturated heterocycles. The van der Waals surface area contributed by atoms with Gasteiger partial charge in [0.05, 0.1) is 5.56 Å². The van der Waals surface area contributed by atoms with Crippen molar-refractivity contribution in [3.63, 3.8) is 0 Å². The van der Waals surface area contributed by atoms with Gasteiger partial charge in [-0.05, 0) is 53.5 Å². The van der Waals surface area contributed by atoms with Gasteiger partial charge in [-0.1, -0.05) is 38.1 Å². The van der Waals surface area contributed by atoms with Crippen molar-refractivity contribution in [3.8, 4) is 10.4 Å². The summed E-state index contributed by atoms with van der Waals surface area (Å²) in [5.74, 6) is -0.0340. The highest BCUT2D eigenvalue weighted by Crippen LogP contribution is 2.45. The normalized spacial score (nSPS) is 16.1. The maximum atomic E-state index is 12.0. The van der Waals surface area contributed by atoms with Crippen LogP contribution in [0.5, 0.6) is 0 Å². The van der Waals surface area contributed by atoms with Gasteiger partial charge in [-0.25, -0.2) is 4.79 Å². The Kier molecular flexibility index (Phi) is 4.56. The molecule has 0 aliphatic heterocycles. The zero-order valence-corrected chi connectivity index (χ0v) is 15.3. The number of carboxylic acids is 1. The fraction of sp³-hybridized carbons (Fsp3) is 0.421. The first-order valence-electron chi connectivity index (χ1n) is 8.00. The average Bonchev–Trinajstić information content (AvgIpc) is 2.85. The third-order valence-corrected chi connectivity index (χ3v) is 6.18. The highest BCUT2D eigenvalue weighted by molar-refractivity contribution is 7.80. The van der Waals surface area contributed by atoms with Gasteiger partial charge in [0.2, 0.25) is 0 Å². The summed E-state index contributed by atoms with van der Waals surface area (Å²) in [4.78, 5) is 14.2. The van der Waals surface area contributed by atoms with E-state index in [0.29, 0.717) is 5.56 Å². The maximum Gasteiger partial charge on any atom is 0.337 e. The van der Waals surface area contributed by atoms with Crippen molar-refractivity contribution in [2.45, 2.75) is 39.5 Å². The Labute approximate surface area is 147 Å². The number of thiophene rings is 1. The lowest BCUT2D eigenvalue weighted by Gasteiger charge is -2.29. The van der Waals surface area contributed by atoms with E-state index in [1.165, 1.54) is 10.4 Å². The van der Waals surface area contributed by atoms with Crippen LogP contribution < -0.4 is 0 Å². The maximum absolute atomic E-state index is 12.0. The Morgan fingerprint density at radius 1 is 1.35 bits per heavy atom. The molecule has 23 heavy (non-hydrogen) atoms. The number of rotatable bonds is 4. The Balaban J connectivity index is 2.18. The number of aromatic carboxylic acids is 1. The fourth-order valence-electron chi connectivity index (χ4n) is 3.42. The van der Waals surface area contributed by atoms with Crippen LogP contribution in [-0.2, 0) is 19.3 Å². The monoisotopic (exact) mass is 346 g/mol. The van der Waals surface area contributed by atoms with E-state index < -0.39 is 5.97 Å². The Morgan fingerprint density at radius 3 is 2.78 bits per heavy atom. The van der Waals surface area contributed by atoms with E-state index in [-0.39, 0.29) is 5.41 Å². The van der Waals surface area contributed by atoms with Crippen molar-refractivity contribution in [1.82, 2.24) is 0 Å². The van der Waals surface area contributed by atoms with Crippen LogP contribution >= 0.6 is 24.0 Å². The van der Waals surface area contributed by atoms with E-state index in [0.717, 1.165) is 47.4 Å². The summed E-state index contributed by atoms with van der Waals surface area (Å²) in [6, 6.07) is 8.14. The predicted octanol–water partition coefficient (Wildman–Crippen LogP) is 5.10. The molecule has 1 aliphatic carbocycles. The molecule has 122 valence electrons. The second-order valence-corrected chi connectivity index (χ2v) is 8.54. The van der Waals surface area contributed by atoms with Gasteiger partial charge in [0.25, 0.3) is 0 Å². The van der Waals surface area contributed by atoms with Gasteiger partial charge in [0, 0.05) is 9.75 Å². The summed E-state index contributed by atoms with van der Waals surface area (Å²) in [5, 5.41) is 9.85. The number of carbonyl (C=O) groups is 1.